The van der Waals surface area contributed by atoms with Gasteiger partial charge in [-0.05, 0) is 66.5 Å². The monoisotopic (exact) mass is 353 g/mol. The molecule has 0 bridgehead atoms. The summed E-state index contributed by atoms with van der Waals surface area (Å²) in [5.74, 6) is -0.0931. The van der Waals surface area contributed by atoms with Crippen LogP contribution in [0.4, 0.5) is 0 Å². The molecule has 1 N–H and O–H groups in total. The van der Waals surface area contributed by atoms with Crippen LogP contribution in [-0.2, 0) is 17.6 Å². The quantitative estimate of drug-likeness (QED) is 0.706. The van der Waals surface area contributed by atoms with Crippen molar-refractivity contribution in [2.45, 2.75) is 45.1 Å². The number of amides is 1. The van der Waals surface area contributed by atoms with Crippen molar-refractivity contribution < 1.29 is 4.79 Å². The summed E-state index contributed by atoms with van der Waals surface area (Å²) in [6.07, 6.45) is 9.07. The van der Waals surface area contributed by atoms with Gasteiger partial charge in [-0.2, -0.15) is 0 Å². The maximum Gasteiger partial charge on any atom is 0.244 e. The zero-order valence-electron chi connectivity index (χ0n) is 14.6. The van der Waals surface area contributed by atoms with Crippen LogP contribution in [0.1, 0.15) is 54.5 Å². The highest BCUT2D eigenvalue weighted by molar-refractivity contribution is 6.32. The Morgan fingerprint density at radius 3 is 2.68 bits per heavy atom. The van der Waals surface area contributed by atoms with Crippen LogP contribution in [-0.4, -0.2) is 5.91 Å². The first kappa shape index (κ1) is 17.8. The molecule has 0 saturated carbocycles. The number of aryl methyl sites for hydroxylation is 2. The van der Waals surface area contributed by atoms with Gasteiger partial charge in [0.1, 0.15) is 0 Å². The molecule has 0 fully saturated rings. The van der Waals surface area contributed by atoms with Gasteiger partial charge in [0.25, 0.3) is 0 Å². The van der Waals surface area contributed by atoms with Crippen molar-refractivity contribution in [3.8, 4) is 0 Å². The Bertz CT molecular complexity index is 781. The summed E-state index contributed by atoms with van der Waals surface area (Å²) in [5, 5.41) is 3.76. The Balaban J connectivity index is 1.69. The Morgan fingerprint density at radius 2 is 1.92 bits per heavy atom. The molecule has 3 rings (SSSR count). The highest BCUT2D eigenvalue weighted by Gasteiger charge is 2.15. The van der Waals surface area contributed by atoms with Gasteiger partial charge in [0, 0.05) is 11.1 Å². The lowest BCUT2D eigenvalue weighted by Crippen LogP contribution is -2.26. The molecule has 0 heterocycles. The fraction of sp³-hybridized carbons (Fsp3) is 0.318. The molecule has 2 nitrogen and oxygen atoms in total. The second kappa shape index (κ2) is 8.35. The van der Waals surface area contributed by atoms with Crippen LogP contribution in [0, 0.1) is 0 Å². The summed E-state index contributed by atoms with van der Waals surface area (Å²) in [6.45, 7) is 2.10. The van der Waals surface area contributed by atoms with Crippen molar-refractivity contribution in [3.63, 3.8) is 0 Å². The third-order valence-electron chi connectivity index (χ3n) is 4.82. The average Bonchev–Trinajstić information content (AvgIpc) is 2.65. The van der Waals surface area contributed by atoms with Gasteiger partial charge in [-0.15, -0.1) is 0 Å². The highest BCUT2D eigenvalue weighted by Crippen LogP contribution is 2.26. The summed E-state index contributed by atoms with van der Waals surface area (Å²) in [5.41, 5.74) is 4.96. The van der Waals surface area contributed by atoms with E-state index < -0.39 is 0 Å². The second-order valence-corrected chi connectivity index (χ2v) is 6.97. The molecule has 1 unspecified atom stereocenters. The SMILES string of the molecule is CCC(NC(=O)/C=C/c1ccccc1Cl)c1ccc2c(c1)CCCC2. The van der Waals surface area contributed by atoms with E-state index in [0.29, 0.717) is 5.02 Å². The zero-order valence-corrected chi connectivity index (χ0v) is 15.4. The lowest BCUT2D eigenvalue weighted by atomic mass is 9.89. The summed E-state index contributed by atoms with van der Waals surface area (Å²) >= 11 is 6.12. The van der Waals surface area contributed by atoms with E-state index in [1.165, 1.54) is 36.0 Å². The average molecular weight is 354 g/mol. The van der Waals surface area contributed by atoms with Crippen LogP contribution in [0.25, 0.3) is 6.08 Å². The van der Waals surface area contributed by atoms with E-state index in [1.807, 2.05) is 24.3 Å². The standard InChI is InChI=1S/C22H24ClNO/c1-2-21(19-12-11-16-7-3-4-9-18(16)15-19)24-22(25)14-13-17-8-5-6-10-20(17)23/h5-6,8,10-15,21H,2-4,7,9H2,1H3,(H,24,25)/b14-13+. The van der Waals surface area contributed by atoms with Crippen molar-refractivity contribution in [1.82, 2.24) is 5.32 Å². The summed E-state index contributed by atoms with van der Waals surface area (Å²) in [6, 6.07) is 14.2. The molecule has 3 heteroatoms. The number of halogens is 1. The topological polar surface area (TPSA) is 29.1 Å². The summed E-state index contributed by atoms with van der Waals surface area (Å²) in [4.78, 5) is 12.3. The summed E-state index contributed by atoms with van der Waals surface area (Å²) < 4.78 is 0. The van der Waals surface area contributed by atoms with E-state index in [2.05, 4.69) is 30.4 Å². The molecule has 25 heavy (non-hydrogen) atoms. The highest BCUT2D eigenvalue weighted by atomic mass is 35.5. The van der Waals surface area contributed by atoms with Crippen molar-refractivity contribution >= 4 is 23.6 Å². The number of fused-ring (bicyclic) bond motifs is 1. The normalized spacial score (nSPS) is 15.0. The maximum absolute atomic E-state index is 12.3. The van der Waals surface area contributed by atoms with Gasteiger partial charge in [0.2, 0.25) is 5.91 Å². The Morgan fingerprint density at radius 1 is 1.16 bits per heavy atom. The maximum atomic E-state index is 12.3. The molecule has 0 saturated heterocycles. The van der Waals surface area contributed by atoms with Crippen LogP contribution < -0.4 is 5.32 Å². The van der Waals surface area contributed by atoms with E-state index in [9.17, 15) is 4.79 Å². The first-order valence-electron chi connectivity index (χ1n) is 9.02. The van der Waals surface area contributed by atoms with E-state index in [4.69, 9.17) is 11.6 Å². The number of hydrogen-bond acceptors (Lipinski definition) is 1. The van der Waals surface area contributed by atoms with Crippen molar-refractivity contribution in [1.29, 1.82) is 0 Å². The van der Waals surface area contributed by atoms with Crippen molar-refractivity contribution in [2.75, 3.05) is 0 Å². The second-order valence-electron chi connectivity index (χ2n) is 6.56. The van der Waals surface area contributed by atoms with E-state index >= 15 is 0 Å². The zero-order chi connectivity index (χ0) is 17.6. The number of benzene rings is 2. The Kier molecular flexibility index (Phi) is 5.93. The fourth-order valence-electron chi connectivity index (χ4n) is 3.39. The van der Waals surface area contributed by atoms with Crippen LogP contribution in [0.15, 0.2) is 48.5 Å². The van der Waals surface area contributed by atoms with Gasteiger partial charge in [-0.3, -0.25) is 4.79 Å². The third kappa shape index (κ3) is 4.52. The van der Waals surface area contributed by atoms with Crippen molar-refractivity contribution in [2.24, 2.45) is 0 Å². The number of hydrogen-bond donors (Lipinski definition) is 1. The minimum Gasteiger partial charge on any atom is -0.346 e. The van der Waals surface area contributed by atoms with Gasteiger partial charge in [-0.25, -0.2) is 0 Å². The number of rotatable bonds is 5. The minimum atomic E-state index is -0.0931. The molecule has 1 aliphatic carbocycles. The molecular weight excluding hydrogens is 330 g/mol. The van der Waals surface area contributed by atoms with E-state index in [-0.39, 0.29) is 11.9 Å². The van der Waals surface area contributed by atoms with Gasteiger partial charge >= 0.3 is 0 Å². The van der Waals surface area contributed by atoms with E-state index in [0.717, 1.165) is 18.4 Å². The third-order valence-corrected chi connectivity index (χ3v) is 5.16. The molecule has 0 radical (unpaired) electrons. The predicted octanol–water partition coefficient (Wildman–Crippen LogP) is 5.50. The molecule has 1 atom stereocenters. The molecule has 0 spiro atoms. The lowest BCUT2D eigenvalue weighted by molar-refractivity contribution is -0.117. The number of carbonyl (C=O) groups is 1. The van der Waals surface area contributed by atoms with Crippen LogP contribution in [0.2, 0.25) is 5.02 Å². The van der Waals surface area contributed by atoms with E-state index in [1.54, 1.807) is 12.2 Å². The molecule has 130 valence electrons. The fourth-order valence-corrected chi connectivity index (χ4v) is 3.59. The Labute approximate surface area is 154 Å². The molecule has 2 aromatic rings. The van der Waals surface area contributed by atoms with Crippen LogP contribution in [0.5, 0.6) is 0 Å². The number of nitrogens with one attached hydrogen (secondary N) is 1. The minimum absolute atomic E-state index is 0.0376. The molecule has 1 amide bonds. The van der Waals surface area contributed by atoms with Gasteiger partial charge in [-0.1, -0.05) is 54.9 Å². The van der Waals surface area contributed by atoms with Crippen molar-refractivity contribution in [3.05, 3.63) is 75.8 Å². The first-order valence-corrected chi connectivity index (χ1v) is 9.40. The van der Waals surface area contributed by atoms with Gasteiger partial charge in [0.05, 0.1) is 6.04 Å². The number of carbonyl (C=O) groups excluding carboxylic acids is 1. The van der Waals surface area contributed by atoms with Crippen LogP contribution in [0.3, 0.4) is 0 Å². The summed E-state index contributed by atoms with van der Waals surface area (Å²) in [7, 11) is 0. The first-order chi connectivity index (χ1) is 12.2. The Hall–Kier alpha value is -2.06. The lowest BCUT2D eigenvalue weighted by Gasteiger charge is -2.21. The molecule has 2 aromatic carbocycles. The molecule has 0 aliphatic heterocycles. The molecule has 1 aliphatic rings. The largest absolute Gasteiger partial charge is 0.346 e. The molecule has 0 aromatic heterocycles. The smallest absolute Gasteiger partial charge is 0.244 e. The predicted molar refractivity (Wildman–Crippen MR) is 105 cm³/mol. The van der Waals surface area contributed by atoms with Gasteiger partial charge in [0.15, 0.2) is 0 Å². The molecular formula is C22H24ClNO. The van der Waals surface area contributed by atoms with Crippen LogP contribution >= 0.6 is 11.6 Å². The van der Waals surface area contributed by atoms with Gasteiger partial charge < -0.3 is 5.32 Å².